The van der Waals surface area contributed by atoms with Crippen LogP contribution in [0.15, 0.2) is 47.5 Å². The molecule has 37 heavy (non-hydrogen) atoms. The molecule has 1 fully saturated rings. The number of ether oxygens (including phenoxy) is 2. The van der Waals surface area contributed by atoms with Crippen LogP contribution in [0.2, 0.25) is 0 Å². The average molecular weight is 545 g/mol. The van der Waals surface area contributed by atoms with Crippen molar-refractivity contribution in [2.75, 3.05) is 30.3 Å². The standard InChI is InChI=1S/C26H32N4O5S2/c1-4-35-25(31)19-12-10-18(11-13-19)15-28-26-29-17(2)23(36-26)20-14-22(24(34-3)27-16-20)37(32,33)30-21-8-6-5-7-9-21/h5-9,14,16,18-19,30H,4,10-13,15H2,1-3H3,(H,28,29). The van der Waals surface area contributed by atoms with Gasteiger partial charge in [-0.05, 0) is 63.6 Å². The van der Waals surface area contributed by atoms with Gasteiger partial charge < -0.3 is 14.8 Å². The molecule has 0 bridgehead atoms. The van der Waals surface area contributed by atoms with Crippen LogP contribution in [0.4, 0.5) is 10.8 Å². The summed E-state index contributed by atoms with van der Waals surface area (Å²) in [7, 11) is -2.54. The van der Waals surface area contributed by atoms with E-state index in [-0.39, 0.29) is 22.7 Å². The van der Waals surface area contributed by atoms with Crippen molar-refractivity contribution in [2.45, 2.75) is 44.4 Å². The summed E-state index contributed by atoms with van der Waals surface area (Å²) in [5, 5.41) is 4.20. The zero-order valence-corrected chi connectivity index (χ0v) is 22.8. The van der Waals surface area contributed by atoms with E-state index in [1.54, 1.807) is 36.5 Å². The number of rotatable bonds is 10. The predicted octanol–water partition coefficient (Wildman–Crippen LogP) is 5.10. The third kappa shape index (κ3) is 6.58. The van der Waals surface area contributed by atoms with Crippen molar-refractivity contribution in [2.24, 2.45) is 11.8 Å². The van der Waals surface area contributed by atoms with E-state index in [4.69, 9.17) is 9.47 Å². The highest BCUT2D eigenvalue weighted by Gasteiger charge is 2.27. The van der Waals surface area contributed by atoms with Crippen LogP contribution in [-0.4, -0.2) is 44.6 Å². The smallest absolute Gasteiger partial charge is 0.308 e. The van der Waals surface area contributed by atoms with Gasteiger partial charge in [0.1, 0.15) is 4.90 Å². The van der Waals surface area contributed by atoms with Gasteiger partial charge in [-0.15, -0.1) is 0 Å². The number of pyridine rings is 1. The van der Waals surface area contributed by atoms with Crippen LogP contribution < -0.4 is 14.8 Å². The first kappa shape index (κ1) is 26.9. The molecule has 198 valence electrons. The Kier molecular flexibility index (Phi) is 8.65. The molecule has 3 aromatic rings. The fraction of sp³-hybridized carbons (Fsp3) is 0.423. The van der Waals surface area contributed by atoms with Gasteiger partial charge in [0.25, 0.3) is 10.0 Å². The Morgan fingerprint density at radius 2 is 1.89 bits per heavy atom. The van der Waals surface area contributed by atoms with Crippen molar-refractivity contribution in [3.8, 4) is 16.3 Å². The van der Waals surface area contributed by atoms with E-state index < -0.39 is 10.0 Å². The first-order valence-corrected chi connectivity index (χ1v) is 14.6. The lowest BCUT2D eigenvalue weighted by atomic mass is 9.82. The minimum absolute atomic E-state index is 0.00865. The zero-order chi connectivity index (χ0) is 26.4. The third-order valence-electron chi connectivity index (χ3n) is 6.39. The summed E-state index contributed by atoms with van der Waals surface area (Å²) in [4.78, 5) is 21.7. The van der Waals surface area contributed by atoms with Gasteiger partial charge in [-0.25, -0.2) is 18.4 Å². The molecule has 0 saturated heterocycles. The Bertz CT molecular complexity index is 1320. The highest BCUT2D eigenvalue weighted by atomic mass is 32.2. The van der Waals surface area contributed by atoms with Gasteiger partial charge >= 0.3 is 5.97 Å². The molecule has 0 amide bonds. The molecular formula is C26H32N4O5S2. The van der Waals surface area contributed by atoms with Crippen molar-refractivity contribution in [1.29, 1.82) is 0 Å². The molecule has 1 aliphatic carbocycles. The van der Waals surface area contributed by atoms with Crippen molar-refractivity contribution in [3.05, 3.63) is 48.3 Å². The van der Waals surface area contributed by atoms with Gasteiger partial charge in [-0.3, -0.25) is 9.52 Å². The summed E-state index contributed by atoms with van der Waals surface area (Å²) in [6.07, 6.45) is 5.22. The van der Waals surface area contributed by atoms with E-state index >= 15 is 0 Å². The number of aromatic nitrogens is 2. The summed E-state index contributed by atoms with van der Waals surface area (Å²) in [5.41, 5.74) is 1.88. The van der Waals surface area contributed by atoms with E-state index in [1.165, 1.54) is 18.4 Å². The number of nitrogens with zero attached hydrogens (tertiary/aromatic N) is 2. The fourth-order valence-electron chi connectivity index (χ4n) is 4.45. The monoisotopic (exact) mass is 544 g/mol. The number of aryl methyl sites for hydroxylation is 1. The maximum absolute atomic E-state index is 13.1. The summed E-state index contributed by atoms with van der Waals surface area (Å²) >= 11 is 1.46. The summed E-state index contributed by atoms with van der Waals surface area (Å²) < 4.78 is 39.3. The van der Waals surface area contributed by atoms with Crippen LogP contribution >= 0.6 is 11.3 Å². The van der Waals surface area contributed by atoms with Crippen molar-refractivity contribution < 1.29 is 22.7 Å². The van der Waals surface area contributed by atoms with Crippen molar-refractivity contribution in [3.63, 3.8) is 0 Å². The topological polar surface area (TPSA) is 120 Å². The molecule has 1 saturated carbocycles. The number of thiazole rings is 1. The number of esters is 1. The normalized spacial score (nSPS) is 17.7. The second-order valence-electron chi connectivity index (χ2n) is 8.99. The van der Waals surface area contributed by atoms with Gasteiger partial charge in [-0.2, -0.15) is 0 Å². The quantitative estimate of drug-likeness (QED) is 0.338. The Hall–Kier alpha value is -3.18. The molecule has 0 atom stereocenters. The second-order valence-corrected chi connectivity index (χ2v) is 11.6. The predicted molar refractivity (Wildman–Crippen MR) is 144 cm³/mol. The minimum atomic E-state index is -3.93. The Morgan fingerprint density at radius 1 is 1.16 bits per heavy atom. The number of sulfonamides is 1. The molecule has 0 spiro atoms. The highest BCUT2D eigenvalue weighted by Crippen LogP contribution is 2.36. The number of benzene rings is 1. The maximum Gasteiger partial charge on any atom is 0.308 e. The molecule has 2 N–H and O–H groups in total. The second kappa shape index (κ2) is 11.9. The van der Waals surface area contributed by atoms with Gasteiger partial charge in [0.05, 0.1) is 30.2 Å². The first-order valence-electron chi connectivity index (χ1n) is 12.3. The van der Waals surface area contributed by atoms with E-state index in [0.29, 0.717) is 23.8 Å². The van der Waals surface area contributed by atoms with Crippen LogP contribution in [0.1, 0.15) is 38.3 Å². The SMILES string of the molecule is CCOC(=O)C1CCC(CNc2nc(C)c(-c3cnc(OC)c(S(=O)(=O)Nc4ccccc4)c3)s2)CC1. The number of nitrogens with one attached hydrogen (secondary N) is 2. The highest BCUT2D eigenvalue weighted by molar-refractivity contribution is 7.92. The van der Waals surface area contributed by atoms with E-state index in [2.05, 4.69) is 20.0 Å². The lowest BCUT2D eigenvalue weighted by molar-refractivity contribution is -0.149. The molecule has 0 radical (unpaired) electrons. The van der Waals surface area contributed by atoms with Gasteiger partial charge in [-0.1, -0.05) is 29.5 Å². The minimum Gasteiger partial charge on any atom is -0.480 e. The largest absolute Gasteiger partial charge is 0.480 e. The zero-order valence-electron chi connectivity index (χ0n) is 21.2. The van der Waals surface area contributed by atoms with E-state index in [1.807, 2.05) is 19.9 Å². The molecule has 1 aliphatic rings. The van der Waals surface area contributed by atoms with E-state index in [9.17, 15) is 13.2 Å². The third-order valence-corrected chi connectivity index (χ3v) is 8.93. The summed E-state index contributed by atoms with van der Waals surface area (Å²) in [6.45, 7) is 4.92. The maximum atomic E-state index is 13.1. The molecule has 4 rings (SSSR count). The number of para-hydroxylation sites is 1. The number of carbonyl (C=O) groups is 1. The molecule has 0 aliphatic heterocycles. The van der Waals surface area contributed by atoms with Gasteiger partial charge in [0, 0.05) is 24.0 Å². The first-order chi connectivity index (χ1) is 17.8. The molecule has 9 nitrogen and oxygen atoms in total. The number of hydrogen-bond donors (Lipinski definition) is 2. The van der Waals surface area contributed by atoms with Crippen LogP contribution in [-0.2, 0) is 19.6 Å². The van der Waals surface area contributed by atoms with E-state index in [0.717, 1.165) is 47.9 Å². The lowest BCUT2D eigenvalue weighted by Crippen LogP contribution is -2.26. The molecule has 1 aromatic carbocycles. The number of anilines is 2. The molecule has 11 heteroatoms. The van der Waals surface area contributed by atoms with Crippen molar-refractivity contribution >= 4 is 38.1 Å². The molecule has 0 unspecified atom stereocenters. The van der Waals surface area contributed by atoms with Gasteiger partial charge in [0.2, 0.25) is 5.88 Å². The number of carbonyl (C=O) groups excluding carboxylic acids is 1. The molecule has 2 heterocycles. The molecular weight excluding hydrogens is 512 g/mol. The van der Waals surface area contributed by atoms with Crippen LogP contribution in [0.5, 0.6) is 5.88 Å². The number of methoxy groups -OCH3 is 1. The van der Waals surface area contributed by atoms with Gasteiger partial charge in [0.15, 0.2) is 5.13 Å². The summed E-state index contributed by atoms with van der Waals surface area (Å²) in [5.74, 6) is 0.407. The van der Waals surface area contributed by atoms with Crippen LogP contribution in [0.3, 0.4) is 0 Å². The van der Waals surface area contributed by atoms with Crippen LogP contribution in [0.25, 0.3) is 10.4 Å². The lowest BCUT2D eigenvalue weighted by Gasteiger charge is -2.27. The Balaban J connectivity index is 1.46. The van der Waals surface area contributed by atoms with Crippen LogP contribution in [0, 0.1) is 18.8 Å². The Labute approximate surface area is 221 Å². The number of hydrogen-bond acceptors (Lipinski definition) is 9. The Morgan fingerprint density at radius 3 is 2.57 bits per heavy atom. The fourth-order valence-corrected chi connectivity index (χ4v) is 6.61. The molecule has 2 aromatic heterocycles. The summed E-state index contributed by atoms with van der Waals surface area (Å²) in [6, 6.07) is 10.2. The van der Waals surface area contributed by atoms with Crippen molar-refractivity contribution in [1.82, 2.24) is 9.97 Å². The average Bonchev–Trinajstić information content (AvgIpc) is 3.28.